The molecule has 0 spiro atoms. The van der Waals surface area contributed by atoms with Crippen molar-refractivity contribution in [3.63, 3.8) is 0 Å². The maximum atomic E-state index is 11.9. The van der Waals surface area contributed by atoms with Crippen molar-refractivity contribution in [2.24, 2.45) is 39.5 Å². The number of phenolic OH excluding ortho intramolecular Hbond substituents is 1. The van der Waals surface area contributed by atoms with E-state index in [1.807, 2.05) is 0 Å². The molecule has 1 unspecified atom stereocenters. The molecule has 0 radical (unpaired) electrons. The Labute approximate surface area is 197 Å². The number of rotatable bonds is 4. The van der Waals surface area contributed by atoms with Crippen LogP contribution in [0.15, 0.2) is 23.2 Å². The molecule has 6 nitrogen and oxygen atoms in total. The van der Waals surface area contributed by atoms with E-state index in [1.54, 1.807) is 0 Å². The molecule has 0 aromatic heterocycles. The summed E-state index contributed by atoms with van der Waals surface area (Å²) >= 11 is 0. The zero-order chi connectivity index (χ0) is 23.4. The van der Waals surface area contributed by atoms with E-state index >= 15 is 0 Å². The van der Waals surface area contributed by atoms with Crippen molar-refractivity contribution in [1.29, 1.82) is 0 Å². The minimum Gasteiger partial charge on any atom is -0.595 e. The minimum atomic E-state index is -1.03. The molecule has 0 aliphatic heterocycles. The number of phenols is 1. The average Bonchev–Trinajstić information content (AvgIpc) is 3.05. The topological polar surface area (TPSA) is 101 Å². The number of aliphatic imine (C=N–C) groups is 1. The number of fused-ring (bicyclic) bond motifs is 5. The first-order chi connectivity index (χ1) is 15.7. The van der Waals surface area contributed by atoms with Crippen LogP contribution in [0.25, 0.3) is 0 Å². The van der Waals surface area contributed by atoms with Gasteiger partial charge in [0.1, 0.15) is 5.75 Å². The highest BCUT2D eigenvalue weighted by molar-refractivity contribution is 5.84. The highest BCUT2D eigenvalue weighted by Crippen LogP contribution is 2.68. The molecule has 4 fully saturated rings. The molecule has 4 saturated carbocycles. The van der Waals surface area contributed by atoms with E-state index in [1.165, 1.54) is 69.4 Å². The van der Waals surface area contributed by atoms with E-state index in [0.717, 1.165) is 37.0 Å². The van der Waals surface area contributed by atoms with E-state index < -0.39 is 10.8 Å². The summed E-state index contributed by atoms with van der Waals surface area (Å²) in [4.78, 5) is 4.55. The van der Waals surface area contributed by atoms with Gasteiger partial charge in [-0.1, -0.05) is 26.7 Å². The Hall–Kier alpha value is -1.47. The summed E-state index contributed by atoms with van der Waals surface area (Å²) in [7, 11) is 0. The Balaban J connectivity index is 1.34. The molecular formula is C27H40N2O4. The average molecular weight is 457 g/mol. The second-order valence-corrected chi connectivity index (χ2v) is 12.0. The van der Waals surface area contributed by atoms with Gasteiger partial charge in [-0.05, 0) is 86.5 Å². The van der Waals surface area contributed by atoms with Gasteiger partial charge in [0.15, 0.2) is 5.69 Å². The molecule has 0 bridgehead atoms. The van der Waals surface area contributed by atoms with Crippen LogP contribution in [0.1, 0.15) is 83.6 Å². The Morgan fingerprint density at radius 2 is 1.85 bits per heavy atom. The predicted octanol–water partition coefficient (Wildman–Crippen LogP) is 4.38. The molecule has 5 rings (SSSR count). The minimum absolute atomic E-state index is 0.00393. The van der Waals surface area contributed by atoms with Gasteiger partial charge in [0.2, 0.25) is 0 Å². The van der Waals surface area contributed by atoms with Crippen molar-refractivity contribution in [2.75, 3.05) is 6.54 Å². The largest absolute Gasteiger partial charge is 0.595 e. The Bertz CT molecular complexity index is 919. The van der Waals surface area contributed by atoms with Crippen LogP contribution in [-0.4, -0.2) is 33.8 Å². The molecule has 4 aliphatic rings. The van der Waals surface area contributed by atoms with E-state index in [4.69, 9.17) is 0 Å². The van der Waals surface area contributed by atoms with Gasteiger partial charge in [0.25, 0.3) is 0 Å². The molecule has 33 heavy (non-hydrogen) atoms. The van der Waals surface area contributed by atoms with Crippen LogP contribution in [0.4, 0.5) is 5.69 Å². The van der Waals surface area contributed by atoms with Crippen molar-refractivity contribution >= 4 is 11.9 Å². The first-order valence-corrected chi connectivity index (χ1v) is 13.0. The molecule has 4 aliphatic carbocycles. The fourth-order valence-electron chi connectivity index (χ4n) is 8.75. The van der Waals surface area contributed by atoms with Crippen LogP contribution >= 0.6 is 0 Å². The molecule has 1 aromatic carbocycles. The summed E-state index contributed by atoms with van der Waals surface area (Å²) in [6.07, 6.45) is 13.9. The second kappa shape index (κ2) is 8.33. The van der Waals surface area contributed by atoms with E-state index in [2.05, 4.69) is 18.8 Å². The third-order valence-corrected chi connectivity index (χ3v) is 10.8. The van der Waals surface area contributed by atoms with Crippen molar-refractivity contribution in [2.45, 2.75) is 83.7 Å². The highest BCUT2D eigenvalue weighted by Gasteiger charge is 2.64. The number of nitrogens with zero attached hydrogens (tertiary/aromatic N) is 1. The lowest BCUT2D eigenvalue weighted by molar-refractivity contribution is -0.991. The van der Waals surface area contributed by atoms with Crippen LogP contribution in [0.3, 0.4) is 0 Å². The number of benzene rings is 1. The third-order valence-electron chi connectivity index (χ3n) is 10.8. The lowest BCUT2D eigenvalue weighted by Gasteiger charge is -2.61. The Kier molecular flexibility index (Phi) is 5.88. The van der Waals surface area contributed by atoms with E-state index in [0.29, 0.717) is 23.4 Å². The molecule has 1 aromatic rings. The predicted molar refractivity (Wildman–Crippen MR) is 128 cm³/mol. The molecule has 182 valence electrons. The SMILES string of the molecule is C[C@]12CCCC[C@@H]1CC[C@H]1[C@H]3CC[C@](O)(CN=Cc4cc([NH+]([O-])O)ccc4O)[C@]3(C)CC[C@@H]12. The summed E-state index contributed by atoms with van der Waals surface area (Å²) in [5, 5.41) is 41.4. The summed E-state index contributed by atoms with van der Waals surface area (Å²) in [6, 6.07) is 4.19. The fraction of sp³-hybridized carbons (Fsp3) is 0.741. The van der Waals surface area contributed by atoms with Crippen LogP contribution < -0.4 is 5.23 Å². The van der Waals surface area contributed by atoms with Gasteiger partial charge in [0, 0.05) is 29.3 Å². The second-order valence-electron chi connectivity index (χ2n) is 12.0. The summed E-state index contributed by atoms with van der Waals surface area (Å²) in [5.74, 6) is 2.98. The van der Waals surface area contributed by atoms with Crippen LogP contribution in [0.5, 0.6) is 5.75 Å². The van der Waals surface area contributed by atoms with E-state index in [-0.39, 0.29) is 16.9 Å². The number of nitrogens with one attached hydrogen (secondary N) is 1. The molecule has 0 heterocycles. The maximum Gasteiger partial charge on any atom is 0.164 e. The monoisotopic (exact) mass is 456 g/mol. The zero-order valence-corrected chi connectivity index (χ0v) is 20.1. The molecular weight excluding hydrogens is 416 g/mol. The molecule has 6 heteroatoms. The first-order valence-electron chi connectivity index (χ1n) is 13.0. The van der Waals surface area contributed by atoms with Crippen molar-refractivity contribution in [3.8, 4) is 5.75 Å². The van der Waals surface area contributed by atoms with Gasteiger partial charge < -0.3 is 15.4 Å². The number of hydrogen-bond donors (Lipinski definition) is 4. The number of aliphatic hydroxyl groups is 1. The summed E-state index contributed by atoms with van der Waals surface area (Å²) < 4.78 is 0. The lowest BCUT2D eigenvalue weighted by Crippen LogP contribution is -2.99. The van der Waals surface area contributed by atoms with Gasteiger partial charge in [0.05, 0.1) is 12.1 Å². The Morgan fingerprint density at radius 3 is 2.64 bits per heavy atom. The van der Waals surface area contributed by atoms with Gasteiger partial charge in [-0.15, -0.1) is 0 Å². The van der Waals surface area contributed by atoms with Crippen molar-refractivity contribution in [3.05, 3.63) is 29.0 Å². The number of quaternary nitrogens is 1. The summed E-state index contributed by atoms with van der Waals surface area (Å²) in [5.41, 5.74) is 0.0164. The molecule has 0 amide bonds. The van der Waals surface area contributed by atoms with Gasteiger partial charge in [-0.2, -0.15) is 5.23 Å². The fourth-order valence-corrected chi connectivity index (χ4v) is 8.75. The van der Waals surface area contributed by atoms with Crippen LogP contribution in [0.2, 0.25) is 0 Å². The molecule has 4 N–H and O–H groups in total. The Morgan fingerprint density at radius 1 is 1.06 bits per heavy atom. The van der Waals surface area contributed by atoms with Gasteiger partial charge in [-0.25, -0.2) is 5.21 Å². The highest BCUT2D eigenvalue weighted by atomic mass is 16.8. The first kappa shape index (κ1) is 23.3. The van der Waals surface area contributed by atoms with Crippen molar-refractivity contribution in [1.82, 2.24) is 0 Å². The third kappa shape index (κ3) is 3.65. The maximum absolute atomic E-state index is 11.9. The summed E-state index contributed by atoms with van der Waals surface area (Å²) in [6.45, 7) is 5.18. The normalized spacial score (nSPS) is 43.7. The molecule has 8 atom stereocenters. The lowest BCUT2D eigenvalue weighted by atomic mass is 9.44. The van der Waals surface area contributed by atoms with Crippen LogP contribution in [0, 0.1) is 39.7 Å². The van der Waals surface area contributed by atoms with Gasteiger partial charge >= 0.3 is 0 Å². The zero-order valence-electron chi connectivity index (χ0n) is 20.1. The van der Waals surface area contributed by atoms with E-state index in [9.17, 15) is 20.6 Å². The quantitative estimate of drug-likeness (QED) is 0.307. The van der Waals surface area contributed by atoms with Crippen molar-refractivity contribution < 1.29 is 20.6 Å². The standard InChI is InChI=1S/C27H40N2O4/c1-25-12-4-3-5-19(25)6-8-21-22(25)10-13-26(2)23(21)11-14-27(26,31)17-28-16-18-15-20(29(32)33)7-9-24(18)30/h7,9,15-16,19,21-23,29-32H,3-6,8,10-14,17H2,1-2H3/t19-,21-,22+,23-,25+,26-,27+/m1/s1. The van der Waals surface area contributed by atoms with Gasteiger partial charge in [-0.3, -0.25) is 4.99 Å². The number of hydrogen-bond acceptors (Lipinski definition) is 5. The number of aromatic hydroxyl groups is 1. The van der Waals surface area contributed by atoms with Crippen LogP contribution in [-0.2, 0) is 0 Å². The molecule has 0 saturated heterocycles. The smallest absolute Gasteiger partial charge is 0.164 e.